The fraction of sp³-hybridized carbons (Fsp3) is 0.318. The molecule has 1 aliphatic rings. The number of nitriles is 1. The Labute approximate surface area is 176 Å². The molecule has 0 spiro atoms. The predicted molar refractivity (Wildman–Crippen MR) is 109 cm³/mol. The van der Waals surface area contributed by atoms with Crippen molar-refractivity contribution in [2.75, 3.05) is 13.7 Å². The van der Waals surface area contributed by atoms with Crippen molar-refractivity contribution in [1.29, 1.82) is 5.26 Å². The van der Waals surface area contributed by atoms with Crippen molar-refractivity contribution < 1.29 is 19.1 Å². The average Bonchev–Trinajstić information content (AvgIpc) is 3.07. The summed E-state index contributed by atoms with van der Waals surface area (Å²) in [5.41, 5.74) is 4.57. The Bertz CT molecular complexity index is 880. The third-order valence-electron chi connectivity index (χ3n) is 4.93. The molecule has 0 heterocycles. The number of alkyl carbamates (subject to hydrolysis) is 1. The Morgan fingerprint density at radius 2 is 1.76 bits per heavy atom. The van der Waals surface area contributed by atoms with E-state index in [2.05, 4.69) is 34.5 Å². The minimum absolute atomic E-state index is 0.0388. The summed E-state index contributed by atoms with van der Waals surface area (Å²) in [6.45, 7) is 0.186. The number of rotatable bonds is 8. The van der Waals surface area contributed by atoms with Gasteiger partial charge in [0.05, 0.1) is 0 Å². The van der Waals surface area contributed by atoms with Crippen molar-refractivity contribution in [2.45, 2.75) is 30.1 Å². The second-order valence-electron chi connectivity index (χ2n) is 6.63. The summed E-state index contributed by atoms with van der Waals surface area (Å²) in [6.07, 6.45) is 0.435. The van der Waals surface area contributed by atoms with E-state index in [4.69, 9.17) is 14.7 Å². The van der Waals surface area contributed by atoms with Gasteiger partial charge in [-0.2, -0.15) is 0 Å². The van der Waals surface area contributed by atoms with Crippen LogP contribution < -0.4 is 5.32 Å². The maximum atomic E-state index is 12.4. The molecule has 1 amide bonds. The molecule has 0 bridgehead atoms. The fourth-order valence-corrected chi connectivity index (χ4v) is 4.42. The fourth-order valence-electron chi connectivity index (χ4n) is 3.58. The number of nitrogens with zero attached hydrogens (tertiary/aromatic N) is 1. The molecule has 2 aromatic carbocycles. The van der Waals surface area contributed by atoms with Crippen LogP contribution in [0.4, 0.5) is 4.79 Å². The molecule has 0 radical (unpaired) electrons. The number of hydrogen-bond acceptors (Lipinski definition) is 5. The van der Waals surface area contributed by atoms with Gasteiger partial charge in [-0.3, -0.25) is 0 Å². The van der Waals surface area contributed by atoms with Crippen LogP contribution in [-0.2, 0) is 14.3 Å². The molecule has 7 heteroatoms. The Morgan fingerprint density at radius 3 is 2.34 bits per heavy atom. The first-order valence-corrected chi connectivity index (χ1v) is 11.4. The van der Waals surface area contributed by atoms with E-state index in [1.807, 2.05) is 24.3 Å². The molecule has 1 atom stereocenters. The number of fused-ring (bicyclic) bond motifs is 3. The van der Waals surface area contributed by atoms with E-state index in [1.54, 1.807) is 0 Å². The van der Waals surface area contributed by atoms with Gasteiger partial charge in [-0.05, 0) is 0 Å². The van der Waals surface area contributed by atoms with Gasteiger partial charge in [-0.25, -0.2) is 0 Å². The van der Waals surface area contributed by atoms with Crippen LogP contribution >= 0.6 is 0 Å². The Hall–Kier alpha value is -2.81. The SMILES string of the molecule is COC(=O)[C@H](CCC[Se]C#N)NC(=O)OCC1c2ccccc2-c2ccccc21. The number of carbonyl (C=O) groups excluding carboxylic acids is 2. The first-order chi connectivity index (χ1) is 14.2. The second kappa shape index (κ2) is 10.1. The number of amides is 1. The third kappa shape index (κ3) is 4.97. The van der Waals surface area contributed by atoms with E-state index in [1.165, 1.54) is 7.11 Å². The molecular formula is C22H22N2O4Se. The van der Waals surface area contributed by atoms with Crippen LogP contribution in [0, 0.1) is 10.2 Å². The van der Waals surface area contributed by atoms with Gasteiger partial charge in [0.1, 0.15) is 0 Å². The summed E-state index contributed by atoms with van der Waals surface area (Å²) in [7, 11) is 1.29. The van der Waals surface area contributed by atoms with E-state index in [0.717, 1.165) is 27.6 Å². The van der Waals surface area contributed by atoms with Crippen LogP contribution in [0.5, 0.6) is 0 Å². The van der Waals surface area contributed by atoms with Crippen molar-refractivity contribution >= 4 is 27.0 Å². The zero-order chi connectivity index (χ0) is 20.6. The van der Waals surface area contributed by atoms with Gasteiger partial charge < -0.3 is 0 Å². The van der Waals surface area contributed by atoms with Crippen LogP contribution in [0.15, 0.2) is 48.5 Å². The number of ether oxygens (including phenoxy) is 2. The molecule has 1 N–H and O–H groups in total. The van der Waals surface area contributed by atoms with Gasteiger partial charge in [0, 0.05) is 0 Å². The molecule has 0 unspecified atom stereocenters. The van der Waals surface area contributed by atoms with Crippen molar-refractivity contribution in [3.8, 4) is 16.1 Å². The summed E-state index contributed by atoms with van der Waals surface area (Å²) in [5, 5.41) is 12.0. The van der Waals surface area contributed by atoms with Crippen LogP contribution in [0.1, 0.15) is 29.9 Å². The van der Waals surface area contributed by atoms with E-state index >= 15 is 0 Å². The van der Waals surface area contributed by atoms with Gasteiger partial charge in [0.2, 0.25) is 0 Å². The van der Waals surface area contributed by atoms with E-state index < -0.39 is 18.1 Å². The zero-order valence-corrected chi connectivity index (χ0v) is 17.8. The average molecular weight is 457 g/mol. The first-order valence-electron chi connectivity index (χ1n) is 9.36. The molecule has 0 fully saturated rings. The number of carbonyl (C=O) groups is 2. The van der Waals surface area contributed by atoms with Gasteiger partial charge in [-0.1, -0.05) is 12.1 Å². The molecule has 3 rings (SSSR count). The Balaban J connectivity index is 1.62. The van der Waals surface area contributed by atoms with Gasteiger partial charge in [0.15, 0.2) is 0 Å². The summed E-state index contributed by atoms with van der Waals surface area (Å²) in [4.78, 5) is 26.4. The molecule has 1 aliphatic carbocycles. The van der Waals surface area contributed by atoms with Crippen LogP contribution in [-0.4, -0.2) is 46.8 Å². The molecule has 6 nitrogen and oxygen atoms in total. The molecule has 0 saturated heterocycles. The molecule has 0 aliphatic heterocycles. The monoisotopic (exact) mass is 458 g/mol. The normalized spacial score (nSPS) is 13.0. The molecule has 150 valence electrons. The summed E-state index contributed by atoms with van der Waals surface area (Å²) >= 11 is -0.107. The number of hydrogen-bond donors (Lipinski definition) is 1. The molecule has 29 heavy (non-hydrogen) atoms. The second-order valence-corrected chi connectivity index (χ2v) is 8.47. The zero-order valence-electron chi connectivity index (χ0n) is 16.1. The summed E-state index contributed by atoms with van der Waals surface area (Å²) < 4.78 is 10.3. The Morgan fingerprint density at radius 1 is 1.14 bits per heavy atom. The number of methoxy groups -OCH3 is 1. The third-order valence-corrected chi connectivity index (χ3v) is 6.23. The molecule has 0 aromatic heterocycles. The first kappa shape index (κ1) is 20.9. The van der Waals surface area contributed by atoms with Crippen molar-refractivity contribution in [1.82, 2.24) is 5.32 Å². The number of nitrogens with one attached hydrogen (secondary N) is 1. The predicted octanol–water partition coefficient (Wildman–Crippen LogP) is 3.45. The summed E-state index contributed by atoms with van der Waals surface area (Å²) in [6, 6.07) is 15.4. The number of benzene rings is 2. The standard InChI is InChI=1S/C22H22N2O4Se/c1-27-21(25)20(11-6-12-29-14-23)24-22(26)28-13-19-17-9-4-2-7-15(17)16-8-3-5-10-18(16)19/h2-5,7-10,19-20H,6,11-13H2,1H3,(H,24,26)/t20-/m0/s1. The Kier molecular flexibility index (Phi) is 7.29. The van der Waals surface area contributed by atoms with Crippen molar-refractivity contribution in [3.63, 3.8) is 0 Å². The van der Waals surface area contributed by atoms with E-state index in [9.17, 15) is 9.59 Å². The molecule has 0 saturated carbocycles. The van der Waals surface area contributed by atoms with Gasteiger partial charge in [-0.15, -0.1) is 0 Å². The van der Waals surface area contributed by atoms with Crippen LogP contribution in [0.25, 0.3) is 11.1 Å². The van der Waals surface area contributed by atoms with Crippen LogP contribution in [0.3, 0.4) is 0 Å². The van der Waals surface area contributed by atoms with Gasteiger partial charge >= 0.3 is 164 Å². The van der Waals surface area contributed by atoms with Crippen molar-refractivity contribution in [2.24, 2.45) is 0 Å². The van der Waals surface area contributed by atoms with Crippen LogP contribution in [0.2, 0.25) is 5.32 Å². The van der Waals surface area contributed by atoms with E-state index in [-0.39, 0.29) is 27.5 Å². The number of esters is 1. The molecule has 2 aromatic rings. The summed E-state index contributed by atoms with van der Waals surface area (Å²) in [5.74, 6) is -0.550. The minimum atomic E-state index is -0.773. The van der Waals surface area contributed by atoms with E-state index in [0.29, 0.717) is 12.8 Å². The quantitative estimate of drug-likeness (QED) is 0.373. The molecular weight excluding hydrogens is 435 g/mol. The van der Waals surface area contributed by atoms with Crippen molar-refractivity contribution in [3.05, 3.63) is 59.7 Å². The topological polar surface area (TPSA) is 88.4 Å². The van der Waals surface area contributed by atoms with Gasteiger partial charge in [0.25, 0.3) is 0 Å². The maximum absolute atomic E-state index is 12.4.